The highest BCUT2D eigenvalue weighted by atomic mass is 32.2. The van der Waals surface area contributed by atoms with Gasteiger partial charge in [-0.1, -0.05) is 6.07 Å². The molecule has 1 aliphatic heterocycles. The number of anilines is 1. The molecule has 1 amide bonds. The van der Waals surface area contributed by atoms with E-state index in [0.29, 0.717) is 81.5 Å². The minimum atomic E-state index is -3.80. The lowest BCUT2D eigenvalue weighted by molar-refractivity contribution is 0.0665. The van der Waals surface area contributed by atoms with Gasteiger partial charge >= 0.3 is 0 Å². The number of fused-ring (bicyclic) bond motifs is 6. The number of nitrogens with one attached hydrogen (secondary N) is 2. The number of nitrogens with zero attached hydrogens (tertiary/aromatic N) is 4. The molecule has 0 aliphatic carbocycles. The summed E-state index contributed by atoms with van der Waals surface area (Å²) in [6.45, 7) is 2.81. The van der Waals surface area contributed by atoms with E-state index in [1.165, 1.54) is 50.4 Å². The lowest BCUT2D eigenvalue weighted by Gasteiger charge is -2.34. The molecule has 8 rings (SSSR count). The maximum Gasteiger partial charge on any atom is 0.255 e. The van der Waals surface area contributed by atoms with E-state index in [0.717, 1.165) is 0 Å². The van der Waals surface area contributed by atoms with Gasteiger partial charge in [0.2, 0.25) is 10.0 Å². The van der Waals surface area contributed by atoms with E-state index in [-0.39, 0.29) is 28.3 Å². The molecule has 14 heteroatoms. The fraction of sp³-hybridized carbons (Fsp3) is 0.216. The predicted octanol–water partition coefficient (Wildman–Crippen LogP) is 6.71. The summed E-state index contributed by atoms with van der Waals surface area (Å²) in [5, 5.41) is 3.39. The second-order valence-electron chi connectivity index (χ2n) is 12.5. The highest BCUT2D eigenvalue weighted by molar-refractivity contribution is 7.92. The van der Waals surface area contributed by atoms with Crippen LogP contribution in [-0.4, -0.2) is 72.2 Å². The van der Waals surface area contributed by atoms with Gasteiger partial charge in [-0.3, -0.25) is 18.8 Å². The maximum atomic E-state index is 15.2. The zero-order valence-corrected chi connectivity index (χ0v) is 28.3. The molecule has 3 aromatic carbocycles. The van der Waals surface area contributed by atoms with Crippen LogP contribution in [0.15, 0.2) is 77.2 Å². The Hall–Kier alpha value is -5.47. The molecule has 0 atom stereocenters. The first-order valence-electron chi connectivity index (χ1n) is 16.4. The van der Waals surface area contributed by atoms with E-state index < -0.39 is 33.7 Å². The maximum absolute atomic E-state index is 15.2. The number of hydrogen-bond donors (Lipinski definition) is 2. The molecule has 260 valence electrons. The van der Waals surface area contributed by atoms with Crippen molar-refractivity contribution in [3.05, 3.63) is 95.8 Å². The van der Waals surface area contributed by atoms with Gasteiger partial charge in [0.25, 0.3) is 5.91 Å². The van der Waals surface area contributed by atoms with Crippen molar-refractivity contribution in [1.29, 1.82) is 0 Å². The Balaban J connectivity index is 1.36. The van der Waals surface area contributed by atoms with Crippen LogP contribution < -0.4 is 10.0 Å². The zero-order valence-electron chi connectivity index (χ0n) is 27.5. The minimum absolute atomic E-state index is 0.159. The van der Waals surface area contributed by atoms with Gasteiger partial charge in [-0.05, 0) is 67.6 Å². The van der Waals surface area contributed by atoms with Gasteiger partial charge in [0.05, 0.1) is 39.2 Å². The van der Waals surface area contributed by atoms with Crippen molar-refractivity contribution in [1.82, 2.24) is 24.6 Å². The summed E-state index contributed by atoms with van der Waals surface area (Å²) in [4.78, 5) is 25.2. The Labute approximate surface area is 289 Å². The molecule has 51 heavy (non-hydrogen) atoms. The molecule has 0 saturated carbocycles. The SMILES string of the molecule is CCS(=O)(=O)Nc1cc2oc(-c3ccc(F)cc3)c(C(=O)NC)c2cc1-c1ccc2nc(CCN3CC(F)C3)n3c4cccc(F)c4cc3c2n1. The van der Waals surface area contributed by atoms with Crippen LogP contribution in [0.4, 0.5) is 18.9 Å². The second-order valence-corrected chi connectivity index (χ2v) is 14.5. The number of likely N-dealkylation sites (tertiary alicyclic amines) is 1. The van der Waals surface area contributed by atoms with E-state index in [1.807, 2.05) is 9.30 Å². The molecule has 1 aliphatic rings. The van der Waals surface area contributed by atoms with E-state index in [2.05, 4.69) is 10.0 Å². The summed E-state index contributed by atoms with van der Waals surface area (Å²) in [5.41, 5.74) is 3.86. The van der Waals surface area contributed by atoms with Crippen LogP contribution in [0.2, 0.25) is 0 Å². The van der Waals surface area contributed by atoms with Crippen LogP contribution in [0.1, 0.15) is 23.1 Å². The molecule has 5 heterocycles. The van der Waals surface area contributed by atoms with E-state index in [1.54, 1.807) is 36.4 Å². The first-order valence-corrected chi connectivity index (χ1v) is 18.0. The summed E-state index contributed by atoms with van der Waals surface area (Å²) >= 11 is 0. The third-order valence-electron chi connectivity index (χ3n) is 9.29. The number of benzene rings is 3. The van der Waals surface area contributed by atoms with Gasteiger partial charge in [-0.2, -0.15) is 0 Å². The fourth-order valence-electron chi connectivity index (χ4n) is 6.67. The number of amides is 1. The quantitative estimate of drug-likeness (QED) is 0.171. The molecular weight excluding hydrogens is 682 g/mol. The number of carbonyl (C=O) groups excluding carboxylic acids is 1. The van der Waals surface area contributed by atoms with Crippen molar-refractivity contribution in [2.24, 2.45) is 0 Å². The Morgan fingerprint density at radius 3 is 2.49 bits per heavy atom. The number of rotatable bonds is 9. The molecule has 1 saturated heterocycles. The smallest absolute Gasteiger partial charge is 0.255 e. The van der Waals surface area contributed by atoms with Crippen LogP contribution in [0.5, 0.6) is 0 Å². The van der Waals surface area contributed by atoms with Gasteiger partial charge in [0.1, 0.15) is 40.5 Å². The first kappa shape index (κ1) is 32.7. The van der Waals surface area contributed by atoms with Crippen LogP contribution in [0.25, 0.3) is 61.0 Å². The number of pyridine rings is 1. The van der Waals surface area contributed by atoms with Crippen LogP contribution >= 0.6 is 0 Å². The lowest BCUT2D eigenvalue weighted by atomic mass is 10.0. The average molecular weight is 713 g/mol. The average Bonchev–Trinajstić information content (AvgIpc) is 3.69. The van der Waals surface area contributed by atoms with Crippen molar-refractivity contribution >= 4 is 60.0 Å². The molecule has 2 N–H and O–H groups in total. The van der Waals surface area contributed by atoms with Crippen LogP contribution in [0, 0.1) is 11.6 Å². The number of halogens is 3. The topological polar surface area (TPSA) is 122 Å². The Bertz CT molecular complexity index is 2630. The minimum Gasteiger partial charge on any atom is -0.455 e. The van der Waals surface area contributed by atoms with Gasteiger partial charge in [0, 0.05) is 61.1 Å². The molecule has 0 unspecified atom stereocenters. The molecule has 10 nitrogen and oxygen atoms in total. The largest absolute Gasteiger partial charge is 0.455 e. The summed E-state index contributed by atoms with van der Waals surface area (Å²) in [5.74, 6) is -0.704. The van der Waals surface area contributed by atoms with Gasteiger partial charge in [0.15, 0.2) is 0 Å². The number of furan rings is 1. The van der Waals surface area contributed by atoms with Crippen molar-refractivity contribution in [2.45, 2.75) is 19.5 Å². The Morgan fingerprint density at radius 1 is 0.980 bits per heavy atom. The monoisotopic (exact) mass is 712 g/mol. The second kappa shape index (κ2) is 12.4. The lowest BCUT2D eigenvalue weighted by Crippen LogP contribution is -2.49. The van der Waals surface area contributed by atoms with Crippen LogP contribution in [-0.2, 0) is 16.4 Å². The molecule has 0 radical (unpaired) electrons. The first-order chi connectivity index (χ1) is 24.5. The number of alkyl halides is 1. The standard InChI is InChI=1S/C37H31F3N6O4S/c1-3-51(48,49)44-29-17-32-25(34(37(47)41-2)36(50-32)20-7-9-21(38)10-8-20)15-24(29)27-11-12-28-35(43-27)31-16-23-26(40)5-4-6-30(23)46(31)33(42-28)13-14-45-18-22(39)19-45/h4-12,15-17,22,44H,3,13-14,18-19H2,1-2H3,(H,41,47). The zero-order chi connectivity index (χ0) is 35.6. The Kier molecular flexibility index (Phi) is 7.95. The number of aromatic nitrogens is 3. The fourth-order valence-corrected chi connectivity index (χ4v) is 7.31. The summed E-state index contributed by atoms with van der Waals surface area (Å²) in [6, 6.07) is 18.6. The van der Waals surface area contributed by atoms with Gasteiger partial charge in [-0.15, -0.1) is 0 Å². The highest BCUT2D eigenvalue weighted by Gasteiger charge is 2.27. The molecule has 1 fully saturated rings. The third kappa shape index (κ3) is 5.73. The summed E-state index contributed by atoms with van der Waals surface area (Å²) in [7, 11) is -2.32. The van der Waals surface area contributed by atoms with E-state index in [9.17, 15) is 22.0 Å². The summed E-state index contributed by atoms with van der Waals surface area (Å²) in [6.07, 6.45) is -0.353. The summed E-state index contributed by atoms with van der Waals surface area (Å²) < 4.78 is 79.1. The van der Waals surface area contributed by atoms with Crippen molar-refractivity contribution in [3.63, 3.8) is 0 Å². The van der Waals surface area contributed by atoms with Crippen molar-refractivity contribution in [2.75, 3.05) is 37.2 Å². The molecule has 4 aromatic heterocycles. The number of carbonyl (C=O) groups is 1. The van der Waals surface area contributed by atoms with E-state index >= 15 is 4.39 Å². The predicted molar refractivity (Wildman–Crippen MR) is 190 cm³/mol. The van der Waals surface area contributed by atoms with Crippen molar-refractivity contribution in [3.8, 4) is 22.6 Å². The van der Waals surface area contributed by atoms with Gasteiger partial charge in [-0.25, -0.2) is 31.6 Å². The third-order valence-corrected chi connectivity index (χ3v) is 10.6. The van der Waals surface area contributed by atoms with Crippen molar-refractivity contribution < 1.29 is 30.8 Å². The molecule has 7 aromatic rings. The number of sulfonamides is 1. The van der Waals surface area contributed by atoms with Crippen LogP contribution in [0.3, 0.4) is 0 Å². The molecular formula is C37H31F3N6O4S. The molecule has 0 bridgehead atoms. The van der Waals surface area contributed by atoms with E-state index in [4.69, 9.17) is 14.4 Å². The highest BCUT2D eigenvalue weighted by Crippen LogP contribution is 2.40. The Morgan fingerprint density at radius 2 is 1.76 bits per heavy atom. The normalized spacial score (nSPS) is 14.1. The molecule has 0 spiro atoms. The number of hydrogen-bond acceptors (Lipinski definition) is 7. The van der Waals surface area contributed by atoms with Gasteiger partial charge < -0.3 is 9.73 Å².